The smallest absolute Gasteiger partial charge is 0.154 e. The molecule has 3 saturated heterocycles. The van der Waals surface area contributed by atoms with Gasteiger partial charge in [0, 0.05) is 11.8 Å². The van der Waals surface area contributed by atoms with E-state index in [1.54, 1.807) is 0 Å². The van der Waals surface area contributed by atoms with Gasteiger partial charge in [0.05, 0.1) is 6.04 Å². The largest absolute Gasteiger partial charge is 0.298 e. The molecule has 3 heterocycles. The normalized spacial score (nSPS) is 31.9. The number of nitrogens with zero attached hydrogens (tertiary/aromatic N) is 1. The molecule has 1 unspecified atom stereocenters. The third-order valence-electron chi connectivity index (χ3n) is 5.47. The van der Waals surface area contributed by atoms with Crippen molar-refractivity contribution >= 4 is 5.78 Å². The Bertz CT molecular complexity index is 608. The highest BCUT2D eigenvalue weighted by Gasteiger charge is 2.45. The zero-order chi connectivity index (χ0) is 14.9. The SMILES string of the molecule is O=C1C2CCN(CC2)[C@H]1C(C1=CCCC=C1)c1ccccc1. The summed E-state index contributed by atoms with van der Waals surface area (Å²) in [5.74, 6) is 0.981. The molecule has 4 aliphatic rings. The molecule has 0 spiro atoms. The number of benzene rings is 1. The van der Waals surface area contributed by atoms with E-state index < -0.39 is 0 Å². The van der Waals surface area contributed by atoms with Crippen LogP contribution in [0, 0.1) is 5.92 Å². The van der Waals surface area contributed by atoms with Gasteiger partial charge in [0.25, 0.3) is 0 Å². The predicted molar refractivity (Wildman–Crippen MR) is 88.7 cm³/mol. The standard InChI is InChI=1S/C20H23NO/c22-20-17-11-13-21(14-12-17)19(20)18(15-7-3-1-4-8-15)16-9-5-2-6-10-16/h1,3-5,7-10,17-19H,2,6,11-14H2/t18?,19-/m0/s1. The molecule has 2 bridgehead atoms. The van der Waals surface area contributed by atoms with Gasteiger partial charge in [-0.2, -0.15) is 0 Å². The van der Waals surface area contributed by atoms with Crippen LogP contribution in [0.3, 0.4) is 0 Å². The Balaban J connectivity index is 1.76. The Morgan fingerprint density at radius 2 is 1.82 bits per heavy atom. The lowest BCUT2D eigenvalue weighted by Gasteiger charge is -2.47. The minimum atomic E-state index is 0.0453. The molecule has 0 aromatic heterocycles. The van der Waals surface area contributed by atoms with Gasteiger partial charge in [-0.3, -0.25) is 9.69 Å². The summed E-state index contributed by atoms with van der Waals surface area (Å²) in [4.78, 5) is 15.4. The quantitative estimate of drug-likeness (QED) is 0.846. The first-order valence-corrected chi connectivity index (χ1v) is 8.54. The summed E-state index contributed by atoms with van der Waals surface area (Å²) in [5, 5.41) is 0. The minimum absolute atomic E-state index is 0.0453. The van der Waals surface area contributed by atoms with Gasteiger partial charge in [-0.05, 0) is 49.9 Å². The molecule has 2 atom stereocenters. The molecule has 0 N–H and O–H groups in total. The van der Waals surface area contributed by atoms with Crippen molar-refractivity contribution in [1.82, 2.24) is 4.90 Å². The zero-order valence-corrected chi connectivity index (χ0v) is 12.9. The van der Waals surface area contributed by atoms with Crippen LogP contribution in [-0.4, -0.2) is 29.8 Å². The molecule has 114 valence electrons. The van der Waals surface area contributed by atoms with Crippen LogP contribution in [0.1, 0.15) is 37.2 Å². The Labute approximate surface area is 132 Å². The highest BCUT2D eigenvalue weighted by molar-refractivity contribution is 5.89. The molecule has 1 aromatic carbocycles. The molecule has 0 saturated carbocycles. The van der Waals surface area contributed by atoms with Crippen LogP contribution in [-0.2, 0) is 4.79 Å². The fourth-order valence-corrected chi connectivity index (χ4v) is 4.34. The van der Waals surface area contributed by atoms with E-state index >= 15 is 0 Å². The number of Topliss-reactive ketones (excluding diaryl/α,β-unsaturated/α-hetero) is 1. The lowest BCUT2D eigenvalue weighted by atomic mass is 9.72. The maximum Gasteiger partial charge on any atom is 0.154 e. The maximum atomic E-state index is 13.0. The Morgan fingerprint density at radius 3 is 2.45 bits per heavy atom. The van der Waals surface area contributed by atoms with Crippen molar-refractivity contribution in [3.05, 3.63) is 59.7 Å². The summed E-state index contributed by atoms with van der Waals surface area (Å²) in [6.07, 6.45) is 11.2. The van der Waals surface area contributed by atoms with Crippen molar-refractivity contribution in [3.8, 4) is 0 Å². The molecule has 0 amide bonds. The van der Waals surface area contributed by atoms with Gasteiger partial charge in [0.15, 0.2) is 5.78 Å². The van der Waals surface area contributed by atoms with Gasteiger partial charge in [-0.15, -0.1) is 0 Å². The van der Waals surface area contributed by atoms with E-state index in [0.29, 0.717) is 11.7 Å². The van der Waals surface area contributed by atoms with Gasteiger partial charge >= 0.3 is 0 Å². The van der Waals surface area contributed by atoms with E-state index in [0.717, 1.165) is 38.8 Å². The van der Waals surface area contributed by atoms with Crippen molar-refractivity contribution in [2.45, 2.75) is 37.6 Å². The van der Waals surface area contributed by atoms with Crippen LogP contribution in [0.2, 0.25) is 0 Å². The average Bonchev–Trinajstić information content (AvgIpc) is 2.60. The summed E-state index contributed by atoms with van der Waals surface area (Å²) in [5.41, 5.74) is 2.62. The number of carbonyl (C=O) groups excluding carboxylic acids is 1. The second kappa shape index (κ2) is 5.85. The van der Waals surface area contributed by atoms with Gasteiger partial charge in [0.2, 0.25) is 0 Å². The molecule has 2 nitrogen and oxygen atoms in total. The Kier molecular flexibility index (Phi) is 3.71. The first kappa shape index (κ1) is 14.0. The molecule has 0 radical (unpaired) electrons. The highest BCUT2D eigenvalue weighted by Crippen LogP contribution is 2.40. The number of rotatable bonds is 3. The first-order valence-electron chi connectivity index (χ1n) is 8.54. The summed E-state index contributed by atoms with van der Waals surface area (Å²) < 4.78 is 0. The van der Waals surface area contributed by atoms with Gasteiger partial charge in [-0.25, -0.2) is 0 Å². The summed E-state index contributed by atoms with van der Waals surface area (Å²) in [6, 6.07) is 10.7. The van der Waals surface area contributed by atoms with E-state index in [1.807, 2.05) is 0 Å². The van der Waals surface area contributed by atoms with E-state index in [-0.39, 0.29) is 12.0 Å². The topological polar surface area (TPSA) is 20.3 Å². The van der Waals surface area contributed by atoms with Crippen molar-refractivity contribution in [2.75, 3.05) is 13.1 Å². The van der Waals surface area contributed by atoms with Crippen molar-refractivity contribution in [2.24, 2.45) is 5.92 Å². The molecule has 2 heteroatoms. The zero-order valence-electron chi connectivity index (χ0n) is 12.9. The van der Waals surface area contributed by atoms with Crippen LogP contribution in [0.4, 0.5) is 0 Å². The van der Waals surface area contributed by atoms with Crippen molar-refractivity contribution < 1.29 is 4.79 Å². The van der Waals surface area contributed by atoms with Crippen molar-refractivity contribution in [3.63, 3.8) is 0 Å². The third-order valence-corrected chi connectivity index (χ3v) is 5.47. The average molecular weight is 293 g/mol. The lowest BCUT2D eigenvalue weighted by molar-refractivity contribution is -0.137. The Morgan fingerprint density at radius 1 is 1.05 bits per heavy atom. The molecule has 3 aliphatic heterocycles. The third kappa shape index (κ3) is 2.36. The van der Waals surface area contributed by atoms with Crippen LogP contribution in [0.5, 0.6) is 0 Å². The van der Waals surface area contributed by atoms with Crippen molar-refractivity contribution in [1.29, 1.82) is 0 Å². The van der Waals surface area contributed by atoms with E-state index in [2.05, 4.69) is 53.5 Å². The number of fused-ring (bicyclic) bond motifs is 3. The molecule has 3 fully saturated rings. The number of carbonyl (C=O) groups is 1. The maximum absolute atomic E-state index is 13.0. The van der Waals surface area contributed by atoms with Crippen LogP contribution in [0.15, 0.2) is 54.1 Å². The second-order valence-electron chi connectivity index (χ2n) is 6.73. The molecule has 22 heavy (non-hydrogen) atoms. The highest BCUT2D eigenvalue weighted by atomic mass is 16.1. The summed E-state index contributed by atoms with van der Waals surface area (Å²) in [7, 11) is 0. The number of hydrogen-bond acceptors (Lipinski definition) is 2. The van der Waals surface area contributed by atoms with Crippen LogP contribution < -0.4 is 0 Å². The number of hydrogen-bond donors (Lipinski definition) is 0. The first-order chi connectivity index (χ1) is 10.8. The number of ketones is 1. The van der Waals surface area contributed by atoms with E-state index in [9.17, 15) is 4.79 Å². The fraction of sp³-hybridized carbons (Fsp3) is 0.450. The number of allylic oxidation sites excluding steroid dienone is 3. The molecule has 5 rings (SSSR count). The molecular formula is C20H23NO. The van der Waals surface area contributed by atoms with E-state index in [4.69, 9.17) is 0 Å². The predicted octanol–water partition coefficient (Wildman–Crippen LogP) is 3.71. The van der Waals surface area contributed by atoms with Gasteiger partial charge in [-0.1, -0.05) is 48.6 Å². The minimum Gasteiger partial charge on any atom is -0.298 e. The van der Waals surface area contributed by atoms with Crippen LogP contribution >= 0.6 is 0 Å². The monoisotopic (exact) mass is 293 g/mol. The molecular weight excluding hydrogens is 270 g/mol. The molecule has 1 aromatic rings. The fourth-order valence-electron chi connectivity index (χ4n) is 4.34. The summed E-state index contributed by atoms with van der Waals surface area (Å²) >= 11 is 0. The lowest BCUT2D eigenvalue weighted by Crippen LogP contribution is -2.57. The van der Waals surface area contributed by atoms with E-state index in [1.165, 1.54) is 11.1 Å². The number of piperidine rings is 3. The van der Waals surface area contributed by atoms with Crippen LogP contribution in [0.25, 0.3) is 0 Å². The Hall–Kier alpha value is -1.67. The van der Waals surface area contributed by atoms with Gasteiger partial charge < -0.3 is 0 Å². The molecule has 1 aliphatic carbocycles. The van der Waals surface area contributed by atoms with Gasteiger partial charge in [0.1, 0.15) is 0 Å². The summed E-state index contributed by atoms with van der Waals surface area (Å²) in [6.45, 7) is 2.17. The second-order valence-corrected chi connectivity index (χ2v) is 6.73.